The van der Waals surface area contributed by atoms with Gasteiger partial charge in [-0.2, -0.15) is 0 Å². The zero-order chi connectivity index (χ0) is 13.2. The molecule has 0 atom stereocenters. The van der Waals surface area contributed by atoms with E-state index in [2.05, 4.69) is 22.9 Å². The molecule has 0 aliphatic rings. The Morgan fingerprint density at radius 1 is 1.17 bits per heavy atom. The molecule has 0 saturated heterocycles. The molecule has 2 nitrogen and oxygen atoms in total. The SMILES string of the molecule is CCCCCCCCOc1ccc(C=O)c(Br)c1. The number of carbonyl (C=O) groups excluding carboxylic acids is 1. The molecule has 0 radical (unpaired) electrons. The summed E-state index contributed by atoms with van der Waals surface area (Å²) in [5.74, 6) is 0.820. The maximum absolute atomic E-state index is 10.7. The van der Waals surface area contributed by atoms with Crippen molar-refractivity contribution in [3.8, 4) is 5.75 Å². The summed E-state index contributed by atoms with van der Waals surface area (Å²) in [7, 11) is 0. The van der Waals surface area contributed by atoms with Crippen molar-refractivity contribution in [3.05, 3.63) is 28.2 Å². The van der Waals surface area contributed by atoms with Gasteiger partial charge in [-0.15, -0.1) is 0 Å². The molecule has 0 bridgehead atoms. The maximum Gasteiger partial charge on any atom is 0.151 e. The van der Waals surface area contributed by atoms with E-state index in [1.165, 1.54) is 32.1 Å². The highest BCUT2D eigenvalue weighted by Gasteiger charge is 2.01. The molecule has 1 aromatic rings. The van der Waals surface area contributed by atoms with Crippen LogP contribution < -0.4 is 4.74 Å². The van der Waals surface area contributed by atoms with Gasteiger partial charge in [0.1, 0.15) is 5.75 Å². The Kier molecular flexibility index (Phi) is 7.74. The van der Waals surface area contributed by atoms with Gasteiger partial charge in [0.2, 0.25) is 0 Å². The minimum absolute atomic E-state index is 0.655. The first-order valence-electron chi connectivity index (χ1n) is 6.65. The van der Waals surface area contributed by atoms with Crippen LogP contribution in [0.2, 0.25) is 0 Å². The van der Waals surface area contributed by atoms with Crippen molar-refractivity contribution in [1.29, 1.82) is 0 Å². The summed E-state index contributed by atoms with van der Waals surface area (Å²) in [6, 6.07) is 5.46. The Balaban J connectivity index is 2.19. The van der Waals surface area contributed by atoms with Crippen molar-refractivity contribution in [2.75, 3.05) is 6.61 Å². The van der Waals surface area contributed by atoms with Gasteiger partial charge in [-0.25, -0.2) is 0 Å². The Labute approximate surface area is 118 Å². The maximum atomic E-state index is 10.7. The van der Waals surface area contributed by atoms with Crippen molar-refractivity contribution in [1.82, 2.24) is 0 Å². The summed E-state index contributed by atoms with van der Waals surface area (Å²) in [5.41, 5.74) is 0.655. The molecule has 100 valence electrons. The van der Waals surface area contributed by atoms with Crippen LogP contribution >= 0.6 is 15.9 Å². The second-order valence-electron chi connectivity index (χ2n) is 4.42. The molecule has 0 fully saturated rings. The highest BCUT2D eigenvalue weighted by molar-refractivity contribution is 9.10. The van der Waals surface area contributed by atoms with Gasteiger partial charge in [-0.05, 0) is 40.5 Å². The second kappa shape index (κ2) is 9.15. The molecule has 3 heteroatoms. The van der Waals surface area contributed by atoms with E-state index in [1.54, 1.807) is 6.07 Å². The molecule has 0 spiro atoms. The van der Waals surface area contributed by atoms with Crippen LogP contribution in [0, 0.1) is 0 Å². The lowest BCUT2D eigenvalue weighted by Crippen LogP contribution is -1.97. The smallest absolute Gasteiger partial charge is 0.151 e. The molecular weight excluding hydrogens is 292 g/mol. The molecule has 0 N–H and O–H groups in total. The van der Waals surface area contributed by atoms with Crippen LogP contribution in [0.25, 0.3) is 0 Å². The zero-order valence-corrected chi connectivity index (χ0v) is 12.5. The minimum atomic E-state index is 0.655. The van der Waals surface area contributed by atoms with E-state index >= 15 is 0 Å². The Bertz CT molecular complexity index is 364. The average Bonchev–Trinajstić information content (AvgIpc) is 2.38. The standard InChI is InChI=1S/C15H21BrO2/c1-2-3-4-5-6-7-10-18-14-9-8-13(12-17)15(16)11-14/h8-9,11-12H,2-7,10H2,1H3. The normalized spacial score (nSPS) is 10.3. The van der Waals surface area contributed by atoms with E-state index in [1.807, 2.05) is 12.1 Å². The molecule has 1 rings (SSSR count). The van der Waals surface area contributed by atoms with Gasteiger partial charge in [0.15, 0.2) is 6.29 Å². The minimum Gasteiger partial charge on any atom is -0.494 e. The van der Waals surface area contributed by atoms with Gasteiger partial charge in [0.25, 0.3) is 0 Å². The van der Waals surface area contributed by atoms with Crippen LogP contribution in [0.5, 0.6) is 5.75 Å². The van der Waals surface area contributed by atoms with Gasteiger partial charge in [0.05, 0.1) is 6.61 Å². The van der Waals surface area contributed by atoms with E-state index < -0.39 is 0 Å². The summed E-state index contributed by atoms with van der Waals surface area (Å²) in [5, 5.41) is 0. The second-order valence-corrected chi connectivity index (χ2v) is 5.27. The average molecular weight is 313 g/mol. The number of unbranched alkanes of at least 4 members (excludes halogenated alkanes) is 5. The third-order valence-corrected chi connectivity index (χ3v) is 3.55. The summed E-state index contributed by atoms with van der Waals surface area (Å²) in [6.45, 7) is 2.98. The van der Waals surface area contributed by atoms with Gasteiger partial charge in [-0.3, -0.25) is 4.79 Å². The largest absolute Gasteiger partial charge is 0.494 e. The van der Waals surface area contributed by atoms with E-state index in [9.17, 15) is 4.79 Å². The molecule has 0 amide bonds. The number of rotatable bonds is 9. The summed E-state index contributed by atoms with van der Waals surface area (Å²) >= 11 is 3.35. The molecule has 18 heavy (non-hydrogen) atoms. The monoisotopic (exact) mass is 312 g/mol. The first kappa shape index (κ1) is 15.2. The predicted molar refractivity (Wildman–Crippen MR) is 78.4 cm³/mol. The Hall–Kier alpha value is -0.830. The lowest BCUT2D eigenvalue weighted by atomic mass is 10.1. The number of benzene rings is 1. The van der Waals surface area contributed by atoms with Crippen LogP contribution in [0.3, 0.4) is 0 Å². The van der Waals surface area contributed by atoms with E-state index in [0.29, 0.717) is 5.56 Å². The molecule has 0 heterocycles. The van der Waals surface area contributed by atoms with Gasteiger partial charge < -0.3 is 4.74 Å². The van der Waals surface area contributed by atoms with Crippen LogP contribution in [0.15, 0.2) is 22.7 Å². The lowest BCUT2D eigenvalue weighted by Gasteiger charge is -2.07. The molecule has 0 aromatic heterocycles. The third-order valence-electron chi connectivity index (χ3n) is 2.87. The highest BCUT2D eigenvalue weighted by atomic mass is 79.9. The number of ether oxygens (including phenoxy) is 1. The third kappa shape index (κ3) is 5.67. The summed E-state index contributed by atoms with van der Waals surface area (Å²) in [4.78, 5) is 10.7. The highest BCUT2D eigenvalue weighted by Crippen LogP contribution is 2.22. The van der Waals surface area contributed by atoms with Crippen molar-refractivity contribution in [2.24, 2.45) is 0 Å². The van der Waals surface area contributed by atoms with Crippen molar-refractivity contribution in [2.45, 2.75) is 45.4 Å². The quantitative estimate of drug-likeness (QED) is 0.473. The number of hydrogen-bond donors (Lipinski definition) is 0. The zero-order valence-electron chi connectivity index (χ0n) is 11.0. The summed E-state index contributed by atoms with van der Waals surface area (Å²) in [6.07, 6.45) is 8.40. The van der Waals surface area contributed by atoms with Crippen LogP contribution in [-0.2, 0) is 0 Å². The van der Waals surface area contributed by atoms with E-state index in [-0.39, 0.29) is 0 Å². The number of hydrogen-bond acceptors (Lipinski definition) is 2. The Morgan fingerprint density at radius 3 is 2.56 bits per heavy atom. The fourth-order valence-corrected chi connectivity index (χ4v) is 2.22. The van der Waals surface area contributed by atoms with Gasteiger partial charge >= 0.3 is 0 Å². The lowest BCUT2D eigenvalue weighted by molar-refractivity contribution is 0.112. The molecule has 0 saturated carbocycles. The first-order chi connectivity index (χ1) is 8.77. The molecule has 0 unspecified atom stereocenters. The van der Waals surface area contributed by atoms with Crippen LogP contribution in [0.1, 0.15) is 55.8 Å². The van der Waals surface area contributed by atoms with Crippen molar-refractivity contribution >= 4 is 22.2 Å². The fraction of sp³-hybridized carbons (Fsp3) is 0.533. The first-order valence-corrected chi connectivity index (χ1v) is 7.44. The Morgan fingerprint density at radius 2 is 1.89 bits per heavy atom. The molecular formula is C15H21BrO2. The molecule has 0 aliphatic carbocycles. The molecule has 1 aromatic carbocycles. The van der Waals surface area contributed by atoms with Crippen molar-refractivity contribution < 1.29 is 9.53 Å². The van der Waals surface area contributed by atoms with Crippen LogP contribution in [-0.4, -0.2) is 12.9 Å². The predicted octanol–water partition coefficient (Wildman–Crippen LogP) is 5.00. The topological polar surface area (TPSA) is 26.3 Å². The van der Waals surface area contributed by atoms with Gasteiger partial charge in [0, 0.05) is 10.0 Å². The molecule has 0 aliphatic heterocycles. The van der Waals surface area contributed by atoms with Crippen molar-refractivity contribution in [3.63, 3.8) is 0 Å². The van der Waals surface area contributed by atoms with E-state index in [0.717, 1.165) is 29.5 Å². The number of carbonyl (C=O) groups is 1. The van der Waals surface area contributed by atoms with Crippen LogP contribution in [0.4, 0.5) is 0 Å². The number of halogens is 1. The fourth-order valence-electron chi connectivity index (χ4n) is 1.77. The van der Waals surface area contributed by atoms with E-state index in [4.69, 9.17) is 4.74 Å². The van der Waals surface area contributed by atoms with Gasteiger partial charge in [-0.1, -0.05) is 39.0 Å². The summed E-state index contributed by atoms with van der Waals surface area (Å²) < 4.78 is 6.44. The number of aldehydes is 1.